The van der Waals surface area contributed by atoms with Crippen LogP contribution in [0.15, 0.2) is 18.2 Å². The molecular formula is C16H23NO4. The Hall–Kier alpha value is -2.04. The van der Waals surface area contributed by atoms with E-state index in [0.717, 1.165) is 6.29 Å². The Kier molecular flexibility index (Phi) is 6.72. The molecule has 116 valence electrons. The molecule has 1 aromatic rings. The predicted octanol–water partition coefficient (Wildman–Crippen LogP) is 2.44. The third kappa shape index (κ3) is 5.45. The lowest BCUT2D eigenvalue weighted by Gasteiger charge is -2.18. The smallest absolute Gasteiger partial charge is 0.258 e. The van der Waals surface area contributed by atoms with Gasteiger partial charge < -0.3 is 14.8 Å². The number of nitrogens with one attached hydrogen (secondary N) is 1. The summed E-state index contributed by atoms with van der Waals surface area (Å²) >= 11 is 0. The zero-order valence-corrected chi connectivity index (χ0v) is 13.0. The van der Waals surface area contributed by atoms with Gasteiger partial charge in [0.05, 0.1) is 6.61 Å². The maximum Gasteiger partial charge on any atom is 0.258 e. The summed E-state index contributed by atoms with van der Waals surface area (Å²) in [5.74, 6) is 1.10. The maximum absolute atomic E-state index is 11.8. The summed E-state index contributed by atoms with van der Waals surface area (Å²) in [6.07, 6.45) is 0.739. The predicted molar refractivity (Wildman–Crippen MR) is 80.9 cm³/mol. The standard InChI is InChI=1S/C16H23NO4/c1-5-20-15-8-13(9-18)6-7-14(15)21-10-16(19)17-12(4)11(2)3/h6-9,11-12H,5,10H2,1-4H3,(H,17,19)/t12-/m1/s1. The van der Waals surface area contributed by atoms with Crippen molar-refractivity contribution in [1.29, 1.82) is 0 Å². The van der Waals surface area contributed by atoms with Gasteiger partial charge in [0, 0.05) is 11.6 Å². The van der Waals surface area contributed by atoms with Crippen molar-refractivity contribution < 1.29 is 19.1 Å². The normalized spacial score (nSPS) is 11.9. The Morgan fingerprint density at radius 3 is 2.52 bits per heavy atom. The van der Waals surface area contributed by atoms with E-state index < -0.39 is 0 Å². The van der Waals surface area contributed by atoms with Gasteiger partial charge in [0.15, 0.2) is 18.1 Å². The molecule has 0 fully saturated rings. The summed E-state index contributed by atoms with van der Waals surface area (Å²) in [7, 11) is 0. The molecule has 1 rings (SSSR count). The minimum absolute atomic E-state index is 0.0857. The van der Waals surface area contributed by atoms with Crippen molar-refractivity contribution in [2.45, 2.75) is 33.7 Å². The van der Waals surface area contributed by atoms with Crippen molar-refractivity contribution in [1.82, 2.24) is 5.32 Å². The first-order valence-corrected chi connectivity index (χ1v) is 7.12. The molecule has 0 aromatic heterocycles. The van der Waals surface area contributed by atoms with E-state index in [9.17, 15) is 9.59 Å². The molecule has 5 nitrogen and oxygen atoms in total. The van der Waals surface area contributed by atoms with Gasteiger partial charge in [-0.3, -0.25) is 9.59 Å². The Morgan fingerprint density at radius 1 is 1.24 bits per heavy atom. The average molecular weight is 293 g/mol. The molecular weight excluding hydrogens is 270 g/mol. The topological polar surface area (TPSA) is 64.6 Å². The van der Waals surface area contributed by atoms with Crippen molar-refractivity contribution in [3.8, 4) is 11.5 Å². The molecule has 0 aliphatic carbocycles. The number of amides is 1. The lowest BCUT2D eigenvalue weighted by Crippen LogP contribution is -2.38. The third-order valence-electron chi connectivity index (χ3n) is 3.15. The summed E-state index contributed by atoms with van der Waals surface area (Å²) in [5.41, 5.74) is 0.503. The fraction of sp³-hybridized carbons (Fsp3) is 0.500. The molecule has 0 saturated carbocycles. The highest BCUT2D eigenvalue weighted by atomic mass is 16.5. The number of aldehydes is 1. The number of hydrogen-bond acceptors (Lipinski definition) is 4. The lowest BCUT2D eigenvalue weighted by atomic mass is 10.1. The molecule has 0 unspecified atom stereocenters. The second-order valence-electron chi connectivity index (χ2n) is 5.15. The molecule has 1 atom stereocenters. The van der Waals surface area contributed by atoms with Crippen LogP contribution in [0.25, 0.3) is 0 Å². The van der Waals surface area contributed by atoms with E-state index in [-0.39, 0.29) is 18.6 Å². The minimum atomic E-state index is -0.182. The first kappa shape index (κ1) is 17.0. The van der Waals surface area contributed by atoms with Gasteiger partial charge in [0.1, 0.15) is 6.29 Å². The number of rotatable bonds is 8. The van der Waals surface area contributed by atoms with E-state index in [1.807, 2.05) is 27.7 Å². The SMILES string of the molecule is CCOc1cc(C=O)ccc1OCC(=O)N[C@H](C)C(C)C. The molecule has 0 saturated heterocycles. The van der Waals surface area contributed by atoms with Gasteiger partial charge in [-0.15, -0.1) is 0 Å². The fourth-order valence-electron chi connectivity index (χ4n) is 1.59. The molecule has 0 radical (unpaired) electrons. The van der Waals surface area contributed by atoms with Crippen LogP contribution in [0.1, 0.15) is 38.1 Å². The Morgan fingerprint density at radius 2 is 1.95 bits per heavy atom. The summed E-state index contributed by atoms with van der Waals surface area (Å²) in [5, 5.41) is 2.86. The molecule has 1 N–H and O–H groups in total. The second kappa shape index (κ2) is 8.29. The Bertz CT molecular complexity index is 485. The first-order valence-electron chi connectivity index (χ1n) is 7.12. The van der Waals surface area contributed by atoms with Crippen molar-refractivity contribution in [2.24, 2.45) is 5.92 Å². The van der Waals surface area contributed by atoms with Gasteiger partial charge >= 0.3 is 0 Å². The zero-order valence-electron chi connectivity index (χ0n) is 13.0. The summed E-state index contributed by atoms with van der Waals surface area (Å²) < 4.78 is 10.9. The highest BCUT2D eigenvalue weighted by molar-refractivity contribution is 5.78. The lowest BCUT2D eigenvalue weighted by molar-refractivity contribution is -0.124. The molecule has 5 heteroatoms. The molecule has 21 heavy (non-hydrogen) atoms. The van der Waals surface area contributed by atoms with Gasteiger partial charge in [-0.05, 0) is 38.0 Å². The van der Waals surface area contributed by atoms with Crippen LogP contribution < -0.4 is 14.8 Å². The largest absolute Gasteiger partial charge is 0.490 e. The van der Waals surface area contributed by atoms with Crippen LogP contribution in [0.3, 0.4) is 0 Å². The van der Waals surface area contributed by atoms with Crippen molar-refractivity contribution in [2.75, 3.05) is 13.2 Å². The van der Waals surface area contributed by atoms with Crippen LogP contribution in [0.2, 0.25) is 0 Å². The van der Waals surface area contributed by atoms with Crippen LogP contribution >= 0.6 is 0 Å². The second-order valence-corrected chi connectivity index (χ2v) is 5.15. The Balaban J connectivity index is 2.65. The molecule has 0 spiro atoms. The summed E-state index contributed by atoms with van der Waals surface area (Å²) in [6, 6.07) is 4.94. The fourth-order valence-corrected chi connectivity index (χ4v) is 1.59. The van der Waals surface area contributed by atoms with E-state index in [4.69, 9.17) is 9.47 Å². The summed E-state index contributed by atoms with van der Waals surface area (Å²) in [4.78, 5) is 22.6. The first-order chi connectivity index (χ1) is 9.97. The number of hydrogen-bond donors (Lipinski definition) is 1. The molecule has 1 amide bonds. The van der Waals surface area contributed by atoms with Gasteiger partial charge in [0.2, 0.25) is 0 Å². The van der Waals surface area contributed by atoms with Crippen LogP contribution in [-0.4, -0.2) is 31.4 Å². The van der Waals surface area contributed by atoms with E-state index in [1.165, 1.54) is 0 Å². The monoisotopic (exact) mass is 293 g/mol. The van der Waals surface area contributed by atoms with Gasteiger partial charge in [-0.1, -0.05) is 13.8 Å². The molecule has 0 heterocycles. The molecule has 0 aliphatic rings. The van der Waals surface area contributed by atoms with Gasteiger partial charge in [-0.25, -0.2) is 0 Å². The van der Waals surface area contributed by atoms with Gasteiger partial charge in [-0.2, -0.15) is 0 Å². The molecule has 0 bridgehead atoms. The van der Waals surface area contributed by atoms with Crippen molar-refractivity contribution in [3.63, 3.8) is 0 Å². The van der Waals surface area contributed by atoms with E-state index >= 15 is 0 Å². The van der Waals surface area contributed by atoms with E-state index in [1.54, 1.807) is 18.2 Å². The average Bonchev–Trinajstić information content (AvgIpc) is 2.46. The molecule has 1 aromatic carbocycles. The number of carbonyl (C=O) groups is 2. The minimum Gasteiger partial charge on any atom is -0.490 e. The highest BCUT2D eigenvalue weighted by Gasteiger charge is 2.13. The van der Waals surface area contributed by atoms with Crippen LogP contribution in [0.4, 0.5) is 0 Å². The zero-order chi connectivity index (χ0) is 15.8. The van der Waals surface area contributed by atoms with Gasteiger partial charge in [0.25, 0.3) is 5.91 Å². The Labute approximate surface area is 125 Å². The molecule has 0 aliphatic heterocycles. The van der Waals surface area contributed by atoms with Crippen molar-refractivity contribution in [3.05, 3.63) is 23.8 Å². The third-order valence-corrected chi connectivity index (χ3v) is 3.15. The van der Waals surface area contributed by atoms with E-state index in [0.29, 0.717) is 29.6 Å². The van der Waals surface area contributed by atoms with Crippen LogP contribution in [0, 0.1) is 5.92 Å². The van der Waals surface area contributed by atoms with Crippen molar-refractivity contribution >= 4 is 12.2 Å². The summed E-state index contributed by atoms with van der Waals surface area (Å²) in [6.45, 7) is 8.24. The maximum atomic E-state index is 11.8. The number of ether oxygens (including phenoxy) is 2. The van der Waals surface area contributed by atoms with Crippen LogP contribution in [-0.2, 0) is 4.79 Å². The number of benzene rings is 1. The number of carbonyl (C=O) groups excluding carboxylic acids is 2. The highest BCUT2D eigenvalue weighted by Crippen LogP contribution is 2.27. The quantitative estimate of drug-likeness (QED) is 0.748. The van der Waals surface area contributed by atoms with E-state index in [2.05, 4.69) is 5.32 Å². The van der Waals surface area contributed by atoms with Crippen LogP contribution in [0.5, 0.6) is 11.5 Å².